The number of rotatable bonds is 6. The van der Waals surface area contributed by atoms with E-state index in [-0.39, 0.29) is 33.6 Å². The van der Waals surface area contributed by atoms with Gasteiger partial charge in [0.25, 0.3) is 11.8 Å². The Bertz CT molecular complexity index is 1370. The number of nitrogens with zero attached hydrogens (tertiary/aromatic N) is 2. The van der Waals surface area contributed by atoms with Gasteiger partial charge in [-0.3, -0.25) is 14.5 Å². The molecule has 2 atom stereocenters. The lowest BCUT2D eigenvalue weighted by Gasteiger charge is -2.39. The highest BCUT2D eigenvalue weighted by Gasteiger charge is 2.53. The van der Waals surface area contributed by atoms with Crippen LogP contribution in [0.3, 0.4) is 0 Å². The number of nitrogens with one attached hydrogen (secondary N) is 2. The highest BCUT2D eigenvalue weighted by molar-refractivity contribution is 7.89. The van der Waals surface area contributed by atoms with E-state index in [1.54, 1.807) is 23.5 Å². The summed E-state index contributed by atoms with van der Waals surface area (Å²) in [5.74, 6) is -0.576. The fourth-order valence-electron chi connectivity index (χ4n) is 6.96. The van der Waals surface area contributed by atoms with Gasteiger partial charge in [-0.2, -0.15) is 4.31 Å². The molecule has 0 spiro atoms. The van der Waals surface area contributed by atoms with Crippen LogP contribution in [-0.4, -0.2) is 62.2 Å². The van der Waals surface area contributed by atoms with E-state index in [0.717, 1.165) is 55.8 Å². The first-order valence-corrected chi connectivity index (χ1v) is 15.6. The van der Waals surface area contributed by atoms with Gasteiger partial charge in [0.2, 0.25) is 10.0 Å². The summed E-state index contributed by atoms with van der Waals surface area (Å²) in [6.45, 7) is 11.9. The Balaban J connectivity index is 1.36. The number of amides is 2. The predicted octanol–water partition coefficient (Wildman–Crippen LogP) is 4.33. The van der Waals surface area contributed by atoms with Crippen molar-refractivity contribution in [2.45, 2.75) is 70.9 Å². The molecule has 2 aromatic rings. The largest absolute Gasteiger partial charge is 0.355 e. The van der Waals surface area contributed by atoms with Gasteiger partial charge >= 0.3 is 0 Å². The first-order valence-electron chi connectivity index (χ1n) is 13.4. The lowest BCUT2D eigenvalue weighted by molar-refractivity contribution is 0.0962. The van der Waals surface area contributed by atoms with Crippen LogP contribution < -0.4 is 10.6 Å². The van der Waals surface area contributed by atoms with E-state index in [4.69, 9.17) is 0 Å². The van der Waals surface area contributed by atoms with Crippen LogP contribution in [0.25, 0.3) is 0 Å². The molecule has 1 aromatic heterocycles. The summed E-state index contributed by atoms with van der Waals surface area (Å²) in [4.78, 5) is 29.5. The van der Waals surface area contributed by atoms with Gasteiger partial charge in [-0.25, -0.2) is 8.42 Å². The van der Waals surface area contributed by atoms with Crippen molar-refractivity contribution in [2.75, 3.05) is 32.0 Å². The van der Waals surface area contributed by atoms with Crippen LogP contribution in [0, 0.1) is 10.8 Å². The number of anilines is 1. The van der Waals surface area contributed by atoms with Gasteiger partial charge in [-0.05, 0) is 72.9 Å². The zero-order valence-electron chi connectivity index (χ0n) is 22.9. The SMILES string of the molecule is CCN1CCc2c(sc(NC(=O)c3ccc(S(=O)(=O)N4CC5(C)CC4CC(C)(C)C5)cc3)c2C(=O)NC)C1. The third-order valence-electron chi connectivity index (χ3n) is 8.35. The van der Waals surface area contributed by atoms with Crippen LogP contribution in [0.2, 0.25) is 0 Å². The van der Waals surface area contributed by atoms with Crippen molar-refractivity contribution < 1.29 is 18.0 Å². The standard InChI is InChI=1S/C28H38N4O4S2/c1-6-31-12-11-21-22(15-31)37-26(23(21)25(34)29-5)30-24(33)18-7-9-20(10-8-18)38(35,36)32-17-28(4)14-19(32)13-27(2,3)16-28/h7-10,19H,6,11-17H2,1-5H3,(H,29,34)(H,30,33). The van der Waals surface area contributed by atoms with Gasteiger partial charge in [0, 0.05) is 43.2 Å². The van der Waals surface area contributed by atoms with Crippen LogP contribution in [-0.2, 0) is 23.0 Å². The third-order valence-corrected chi connectivity index (χ3v) is 11.4. The van der Waals surface area contributed by atoms with E-state index < -0.39 is 10.0 Å². The second-order valence-corrected chi connectivity index (χ2v) is 15.1. The van der Waals surface area contributed by atoms with Crippen LogP contribution >= 0.6 is 11.3 Å². The van der Waals surface area contributed by atoms with E-state index in [2.05, 4.69) is 43.2 Å². The molecule has 2 fully saturated rings. The fourth-order valence-corrected chi connectivity index (χ4v) is 10.0. The quantitative estimate of drug-likeness (QED) is 0.550. The van der Waals surface area contributed by atoms with Gasteiger partial charge in [0.1, 0.15) is 5.00 Å². The molecule has 2 aliphatic heterocycles. The Labute approximate surface area is 229 Å². The van der Waals surface area contributed by atoms with Gasteiger partial charge in [0.05, 0.1) is 10.5 Å². The second-order valence-electron chi connectivity index (χ2n) is 12.1. The molecule has 10 heteroatoms. The number of fused-ring (bicyclic) bond motifs is 3. The van der Waals surface area contributed by atoms with Crippen molar-refractivity contribution in [3.05, 3.63) is 45.8 Å². The zero-order valence-corrected chi connectivity index (χ0v) is 24.5. The minimum atomic E-state index is -3.67. The van der Waals surface area contributed by atoms with Crippen molar-refractivity contribution in [2.24, 2.45) is 10.8 Å². The van der Waals surface area contributed by atoms with Crippen molar-refractivity contribution in [3.8, 4) is 0 Å². The summed E-state index contributed by atoms with van der Waals surface area (Å²) < 4.78 is 28.9. The van der Waals surface area contributed by atoms with Crippen LogP contribution in [0.5, 0.6) is 0 Å². The Kier molecular flexibility index (Phi) is 6.99. The molecule has 3 heterocycles. The molecule has 2 amide bonds. The van der Waals surface area contributed by atoms with Crippen molar-refractivity contribution in [3.63, 3.8) is 0 Å². The number of carbonyl (C=O) groups is 2. The van der Waals surface area contributed by atoms with E-state index in [1.165, 1.54) is 23.5 Å². The number of sulfonamides is 1. The Morgan fingerprint density at radius 1 is 1.11 bits per heavy atom. The van der Waals surface area contributed by atoms with E-state index >= 15 is 0 Å². The molecule has 0 radical (unpaired) electrons. The first kappa shape index (κ1) is 27.3. The average molecular weight is 559 g/mol. The molecule has 206 valence electrons. The van der Waals surface area contributed by atoms with E-state index in [0.29, 0.717) is 22.7 Å². The number of thiophene rings is 1. The van der Waals surface area contributed by atoms with E-state index in [9.17, 15) is 18.0 Å². The smallest absolute Gasteiger partial charge is 0.256 e. The minimum Gasteiger partial charge on any atom is -0.355 e. The van der Waals surface area contributed by atoms with Gasteiger partial charge in [-0.15, -0.1) is 11.3 Å². The number of hydrogen-bond acceptors (Lipinski definition) is 6. The minimum absolute atomic E-state index is 0.00413. The molecule has 5 rings (SSSR count). The molecular formula is C28H38N4O4S2. The van der Waals surface area contributed by atoms with Crippen molar-refractivity contribution in [1.82, 2.24) is 14.5 Å². The maximum Gasteiger partial charge on any atom is 0.256 e. The number of carbonyl (C=O) groups excluding carboxylic acids is 2. The number of likely N-dealkylation sites (N-methyl/N-ethyl adjacent to an activating group) is 1. The van der Waals surface area contributed by atoms with Crippen LogP contribution in [0.4, 0.5) is 5.00 Å². The Hall–Kier alpha value is -2.27. The second kappa shape index (κ2) is 9.73. The molecule has 1 saturated heterocycles. The topological polar surface area (TPSA) is 98.8 Å². The molecular weight excluding hydrogens is 520 g/mol. The van der Waals surface area contributed by atoms with Gasteiger partial charge < -0.3 is 10.6 Å². The lowest BCUT2D eigenvalue weighted by Crippen LogP contribution is -2.37. The zero-order chi connectivity index (χ0) is 27.5. The third kappa shape index (κ3) is 4.92. The summed E-state index contributed by atoms with van der Waals surface area (Å²) in [6.07, 6.45) is 3.53. The summed E-state index contributed by atoms with van der Waals surface area (Å²) in [5.41, 5.74) is 2.00. The Morgan fingerprint density at radius 3 is 2.47 bits per heavy atom. The molecule has 1 aliphatic carbocycles. The summed E-state index contributed by atoms with van der Waals surface area (Å²) in [6, 6.07) is 6.17. The lowest BCUT2D eigenvalue weighted by atomic mass is 9.65. The van der Waals surface area contributed by atoms with Gasteiger partial charge in [0.15, 0.2) is 0 Å². The molecule has 3 aliphatic rings. The highest BCUT2D eigenvalue weighted by Crippen LogP contribution is 2.53. The maximum atomic E-state index is 13.6. The highest BCUT2D eigenvalue weighted by atomic mass is 32.2. The Morgan fingerprint density at radius 2 is 1.82 bits per heavy atom. The fraction of sp³-hybridized carbons (Fsp3) is 0.571. The molecule has 1 saturated carbocycles. The summed E-state index contributed by atoms with van der Waals surface area (Å²) >= 11 is 1.44. The molecule has 38 heavy (non-hydrogen) atoms. The predicted molar refractivity (Wildman–Crippen MR) is 150 cm³/mol. The molecule has 1 aromatic carbocycles. The van der Waals surface area contributed by atoms with Crippen molar-refractivity contribution >= 4 is 38.2 Å². The summed E-state index contributed by atoms with van der Waals surface area (Å²) in [7, 11) is -2.08. The number of benzene rings is 1. The van der Waals surface area contributed by atoms with E-state index in [1.807, 2.05) is 0 Å². The monoisotopic (exact) mass is 558 g/mol. The van der Waals surface area contributed by atoms with Gasteiger partial charge in [-0.1, -0.05) is 27.7 Å². The number of hydrogen-bond donors (Lipinski definition) is 2. The molecule has 2 unspecified atom stereocenters. The molecule has 2 N–H and O–H groups in total. The normalized spacial score (nSPS) is 25.1. The van der Waals surface area contributed by atoms with Crippen LogP contribution in [0.15, 0.2) is 29.2 Å². The first-order chi connectivity index (χ1) is 17.9. The summed E-state index contributed by atoms with van der Waals surface area (Å²) in [5, 5.41) is 6.17. The molecule has 2 bridgehead atoms. The average Bonchev–Trinajstić information content (AvgIpc) is 3.35. The maximum absolute atomic E-state index is 13.6. The molecule has 8 nitrogen and oxygen atoms in total. The van der Waals surface area contributed by atoms with Crippen LogP contribution in [0.1, 0.15) is 78.1 Å². The van der Waals surface area contributed by atoms with Crippen molar-refractivity contribution in [1.29, 1.82) is 0 Å².